The second kappa shape index (κ2) is 12.1. The van der Waals surface area contributed by atoms with Gasteiger partial charge in [-0.05, 0) is 79.2 Å². The van der Waals surface area contributed by atoms with Crippen LogP contribution in [0, 0.1) is 11.7 Å². The molecule has 2 heterocycles. The van der Waals surface area contributed by atoms with E-state index in [1.807, 2.05) is 0 Å². The number of methoxy groups -OCH3 is 1. The van der Waals surface area contributed by atoms with Crippen molar-refractivity contribution in [1.82, 2.24) is 9.88 Å². The lowest BCUT2D eigenvalue weighted by atomic mass is 9.93. The summed E-state index contributed by atoms with van der Waals surface area (Å²) in [6.07, 6.45) is 1.68. The molecule has 3 aromatic carbocycles. The number of sulfone groups is 1. The van der Waals surface area contributed by atoms with Gasteiger partial charge in [0.1, 0.15) is 11.9 Å². The van der Waals surface area contributed by atoms with Gasteiger partial charge in [-0.3, -0.25) is 9.59 Å². The largest absolute Gasteiger partial charge is 0.494 e. The van der Waals surface area contributed by atoms with Crippen molar-refractivity contribution in [2.24, 2.45) is 5.92 Å². The summed E-state index contributed by atoms with van der Waals surface area (Å²) in [5, 5.41) is 14.1. The smallest absolute Gasteiger partial charge is 0.309 e. The van der Waals surface area contributed by atoms with Crippen LogP contribution in [0.25, 0.3) is 10.8 Å². The molecule has 1 aliphatic heterocycles. The summed E-state index contributed by atoms with van der Waals surface area (Å²) in [6, 6.07) is 15.1. The number of carboxylic acids is 1. The number of carbonyl (C=O) groups excluding carboxylic acids is 1. The van der Waals surface area contributed by atoms with Gasteiger partial charge in [0, 0.05) is 23.8 Å². The van der Waals surface area contributed by atoms with Crippen molar-refractivity contribution in [3.63, 3.8) is 0 Å². The minimum absolute atomic E-state index is 0.0142. The maximum atomic E-state index is 14.6. The molecule has 10 nitrogen and oxygen atoms in total. The van der Waals surface area contributed by atoms with Crippen LogP contribution in [0.4, 0.5) is 15.9 Å². The summed E-state index contributed by atoms with van der Waals surface area (Å²) in [4.78, 5) is 32.5. The Bertz CT molecular complexity index is 1850. The predicted molar refractivity (Wildman–Crippen MR) is 164 cm³/mol. The molecule has 1 aromatic heterocycles. The number of hydrogen-bond donors (Lipinski definition) is 3. The van der Waals surface area contributed by atoms with Crippen LogP contribution in [-0.2, 0) is 19.4 Å². The molecule has 3 atom stereocenters. The van der Waals surface area contributed by atoms with Crippen LogP contribution in [0.3, 0.4) is 0 Å². The second-order valence-corrected chi connectivity index (χ2v) is 13.4. The lowest BCUT2D eigenvalue weighted by Gasteiger charge is -2.32. The zero-order valence-electron chi connectivity index (χ0n) is 24.4. The molecule has 4 N–H and O–H groups in total. The van der Waals surface area contributed by atoms with Gasteiger partial charge in [-0.2, -0.15) is 0 Å². The van der Waals surface area contributed by atoms with E-state index in [0.717, 1.165) is 10.8 Å². The predicted octanol–water partition coefficient (Wildman–Crippen LogP) is 4.97. The van der Waals surface area contributed by atoms with Gasteiger partial charge in [-0.15, -0.1) is 0 Å². The number of fused-ring (bicyclic) bond motifs is 1. The van der Waals surface area contributed by atoms with Gasteiger partial charge in [0.05, 0.1) is 29.2 Å². The van der Waals surface area contributed by atoms with Gasteiger partial charge in [0.25, 0.3) is 0 Å². The van der Waals surface area contributed by atoms with Crippen molar-refractivity contribution in [3.05, 3.63) is 89.9 Å². The van der Waals surface area contributed by atoms with Gasteiger partial charge in [-0.25, -0.2) is 17.8 Å². The van der Waals surface area contributed by atoms with E-state index in [1.165, 1.54) is 36.3 Å². The molecule has 5 rings (SSSR count). The number of anilines is 2. The average molecular weight is 621 g/mol. The highest BCUT2D eigenvalue weighted by atomic mass is 32.2. The fourth-order valence-corrected chi connectivity index (χ4v) is 6.98. The third-order valence-corrected chi connectivity index (χ3v) is 10.3. The van der Waals surface area contributed by atoms with Crippen LogP contribution >= 0.6 is 0 Å². The Kier molecular flexibility index (Phi) is 8.46. The van der Waals surface area contributed by atoms with Crippen LogP contribution < -0.4 is 15.8 Å². The maximum Gasteiger partial charge on any atom is 0.309 e. The molecule has 1 amide bonds. The minimum Gasteiger partial charge on any atom is -0.494 e. The van der Waals surface area contributed by atoms with E-state index in [1.54, 1.807) is 62.5 Å². The lowest BCUT2D eigenvalue weighted by Crippen LogP contribution is -2.40. The Balaban J connectivity index is 1.63. The summed E-state index contributed by atoms with van der Waals surface area (Å²) >= 11 is 0. The number of rotatable bonds is 9. The number of carboxylic acid groups (broad SMARTS) is 1. The Labute approximate surface area is 254 Å². The molecule has 44 heavy (non-hydrogen) atoms. The minimum atomic E-state index is -3.82. The molecule has 230 valence electrons. The van der Waals surface area contributed by atoms with Crippen LogP contribution in [0.2, 0.25) is 0 Å². The quantitative estimate of drug-likeness (QED) is 0.235. The topological polar surface area (TPSA) is 152 Å². The number of aliphatic carboxylic acids is 1. The fourth-order valence-electron chi connectivity index (χ4n) is 5.69. The molecule has 0 radical (unpaired) electrons. The summed E-state index contributed by atoms with van der Waals surface area (Å²) < 4.78 is 46.4. The number of carbonyl (C=O) groups is 2. The van der Waals surface area contributed by atoms with Crippen LogP contribution in [-0.4, -0.2) is 54.2 Å². The van der Waals surface area contributed by atoms with E-state index in [9.17, 15) is 27.5 Å². The third kappa shape index (κ3) is 5.64. The molecule has 0 saturated carbocycles. The molecular weight excluding hydrogens is 587 g/mol. The monoisotopic (exact) mass is 620 g/mol. The summed E-state index contributed by atoms with van der Waals surface area (Å²) in [5.41, 5.74) is 7.16. The molecule has 0 bridgehead atoms. The van der Waals surface area contributed by atoms with E-state index >= 15 is 0 Å². The highest BCUT2D eigenvalue weighted by Gasteiger charge is 2.46. The number of amides is 1. The number of likely N-dealkylation sites (tertiary alicyclic amines) is 1. The summed E-state index contributed by atoms with van der Waals surface area (Å²) in [7, 11) is -2.51. The van der Waals surface area contributed by atoms with E-state index in [2.05, 4.69) is 10.3 Å². The Morgan fingerprint density at radius 2 is 1.86 bits per heavy atom. The van der Waals surface area contributed by atoms with Crippen molar-refractivity contribution in [2.75, 3.05) is 24.7 Å². The Hall–Kier alpha value is -4.71. The molecule has 4 aromatic rings. The number of benzene rings is 3. The first-order valence-corrected chi connectivity index (χ1v) is 15.6. The van der Waals surface area contributed by atoms with Gasteiger partial charge in [0.15, 0.2) is 21.4 Å². The lowest BCUT2D eigenvalue weighted by molar-refractivity contribution is -0.143. The molecule has 0 aliphatic carbocycles. The van der Waals surface area contributed by atoms with E-state index in [-0.39, 0.29) is 29.2 Å². The normalized spacial score (nSPS) is 17.5. The SMILES string of the molecule is COc1cc([C@@H](Nc2ccc3c(N)nccc3c2)C(=O)N2CCC(C(=O)O)C2c2ccccc2S(=O)(=O)C(C)C)ccc1F. The van der Waals surface area contributed by atoms with Gasteiger partial charge in [-0.1, -0.05) is 24.3 Å². The second-order valence-electron chi connectivity index (χ2n) is 10.9. The highest BCUT2D eigenvalue weighted by molar-refractivity contribution is 7.92. The van der Waals surface area contributed by atoms with Crippen molar-refractivity contribution in [1.29, 1.82) is 0 Å². The Morgan fingerprint density at radius 1 is 1.11 bits per heavy atom. The molecule has 1 fully saturated rings. The number of ether oxygens (including phenoxy) is 1. The fraction of sp³-hybridized carbons (Fsp3) is 0.281. The number of hydrogen-bond acceptors (Lipinski definition) is 8. The van der Waals surface area contributed by atoms with E-state index in [0.29, 0.717) is 17.1 Å². The van der Waals surface area contributed by atoms with Crippen molar-refractivity contribution in [3.8, 4) is 5.75 Å². The maximum absolute atomic E-state index is 14.6. The van der Waals surface area contributed by atoms with Crippen molar-refractivity contribution >= 4 is 44.0 Å². The van der Waals surface area contributed by atoms with Gasteiger partial charge >= 0.3 is 5.97 Å². The first-order valence-electron chi connectivity index (χ1n) is 14.0. The van der Waals surface area contributed by atoms with Crippen LogP contribution in [0.15, 0.2) is 77.8 Å². The van der Waals surface area contributed by atoms with Crippen LogP contribution in [0.5, 0.6) is 5.75 Å². The highest BCUT2D eigenvalue weighted by Crippen LogP contribution is 2.43. The number of nitrogens with one attached hydrogen (secondary N) is 1. The van der Waals surface area contributed by atoms with Gasteiger partial charge < -0.3 is 25.8 Å². The molecule has 0 spiro atoms. The molecule has 2 unspecified atom stereocenters. The third-order valence-electron chi connectivity index (χ3n) is 8.02. The number of nitrogens with zero attached hydrogens (tertiary/aromatic N) is 2. The zero-order chi connectivity index (χ0) is 31.8. The zero-order valence-corrected chi connectivity index (χ0v) is 25.2. The number of nitrogens with two attached hydrogens (primary N) is 1. The van der Waals surface area contributed by atoms with E-state index < -0.39 is 50.8 Å². The summed E-state index contributed by atoms with van der Waals surface area (Å²) in [6.45, 7) is 3.16. The molecule has 1 saturated heterocycles. The molecule has 12 heteroatoms. The molecule has 1 aliphatic rings. The molecular formula is C32H33FN4O6S. The average Bonchev–Trinajstić information content (AvgIpc) is 3.45. The first-order chi connectivity index (χ1) is 20.9. The Morgan fingerprint density at radius 3 is 2.57 bits per heavy atom. The number of pyridine rings is 1. The number of aromatic nitrogens is 1. The standard InChI is InChI=1S/C32H33FN4O6S/c1-18(2)44(41,42)27-7-5-4-6-23(27)29-24(32(39)40)13-15-37(29)31(38)28(20-8-11-25(33)26(17-20)43-3)36-21-9-10-22-19(16-21)12-14-35-30(22)34/h4-12,14,16-18,24,28-29,36H,13,15H2,1-3H3,(H2,34,35)(H,39,40)/t24?,28-,29?/m1/s1. The van der Waals surface area contributed by atoms with E-state index in [4.69, 9.17) is 10.5 Å². The van der Waals surface area contributed by atoms with Crippen molar-refractivity contribution in [2.45, 2.75) is 42.5 Å². The van der Waals surface area contributed by atoms with Crippen molar-refractivity contribution < 1.29 is 32.2 Å². The van der Waals surface area contributed by atoms with Gasteiger partial charge in [0.2, 0.25) is 5.91 Å². The first kappa shape index (κ1) is 30.7. The number of nitrogen functional groups attached to an aromatic ring is 1. The summed E-state index contributed by atoms with van der Waals surface area (Å²) in [5.74, 6) is -3.06. The van der Waals surface area contributed by atoms with Crippen LogP contribution in [0.1, 0.15) is 43.5 Å². The number of halogens is 1.